The summed E-state index contributed by atoms with van der Waals surface area (Å²) in [5.74, 6) is -0.713. The second-order valence-electron chi connectivity index (χ2n) is 7.62. The Morgan fingerprint density at radius 2 is 1.76 bits per heavy atom. The highest BCUT2D eigenvalue weighted by Crippen LogP contribution is 2.44. The molecule has 2 bridgehead atoms. The van der Waals surface area contributed by atoms with Crippen LogP contribution in [0.15, 0.2) is 71.8 Å². The number of benzene rings is 2. The molecule has 170 valence electrons. The summed E-state index contributed by atoms with van der Waals surface area (Å²) in [7, 11) is -2.80. The van der Waals surface area contributed by atoms with Crippen molar-refractivity contribution in [3.8, 4) is 0 Å². The standard InChI is InChI=1S/C22H20N4O6S/c1-31-21(27)20-19-17(12-25(23-19)33(29,30)16-10-6-3-7-11-16)18-13-24(20)22(28)26(18)32-14-15-8-4-2-5-9-15/h2-12,18,20H,13-14H2,1H3. The predicted molar refractivity (Wildman–Crippen MR) is 114 cm³/mol. The van der Waals surface area contributed by atoms with Crippen LogP contribution in [0.2, 0.25) is 0 Å². The van der Waals surface area contributed by atoms with E-state index in [1.807, 2.05) is 30.3 Å². The Hall–Kier alpha value is -3.70. The molecule has 3 heterocycles. The van der Waals surface area contributed by atoms with Crippen molar-refractivity contribution < 1.29 is 27.6 Å². The summed E-state index contributed by atoms with van der Waals surface area (Å²) in [6, 6.07) is 14.8. The van der Waals surface area contributed by atoms with E-state index in [0.29, 0.717) is 5.56 Å². The zero-order chi connectivity index (χ0) is 23.2. The van der Waals surface area contributed by atoms with Crippen LogP contribution in [0, 0.1) is 0 Å². The smallest absolute Gasteiger partial charge is 0.345 e. The van der Waals surface area contributed by atoms with E-state index in [9.17, 15) is 18.0 Å². The Balaban J connectivity index is 1.54. The summed E-state index contributed by atoms with van der Waals surface area (Å²) in [6.07, 6.45) is 1.34. The number of urea groups is 1. The van der Waals surface area contributed by atoms with Gasteiger partial charge in [0, 0.05) is 11.8 Å². The molecule has 1 fully saturated rings. The van der Waals surface area contributed by atoms with Crippen LogP contribution in [-0.2, 0) is 31.0 Å². The predicted octanol–water partition coefficient (Wildman–Crippen LogP) is 2.26. The Kier molecular flexibility index (Phi) is 5.14. The molecule has 0 saturated carbocycles. The third-order valence-corrected chi connectivity index (χ3v) is 7.24. The van der Waals surface area contributed by atoms with Gasteiger partial charge in [-0.15, -0.1) is 0 Å². The molecule has 33 heavy (non-hydrogen) atoms. The van der Waals surface area contributed by atoms with E-state index in [2.05, 4.69) is 5.10 Å². The third kappa shape index (κ3) is 3.45. The minimum atomic E-state index is -4.00. The summed E-state index contributed by atoms with van der Waals surface area (Å²) in [6.45, 7) is 0.267. The molecule has 1 aromatic heterocycles. The van der Waals surface area contributed by atoms with Gasteiger partial charge in [0.15, 0.2) is 6.04 Å². The number of ether oxygens (including phenoxy) is 1. The lowest BCUT2D eigenvalue weighted by Crippen LogP contribution is -2.39. The SMILES string of the molecule is COC(=O)C1c2nn(S(=O)(=O)c3ccccc3)cc2C2CN1C(=O)N2OCc1ccccc1. The van der Waals surface area contributed by atoms with Crippen LogP contribution < -0.4 is 0 Å². The van der Waals surface area contributed by atoms with Crippen LogP contribution in [0.5, 0.6) is 0 Å². The number of nitrogens with zero attached hydrogens (tertiary/aromatic N) is 4. The highest BCUT2D eigenvalue weighted by atomic mass is 32.2. The van der Waals surface area contributed by atoms with Crippen molar-refractivity contribution in [2.75, 3.05) is 13.7 Å². The first kappa shape index (κ1) is 21.2. The van der Waals surface area contributed by atoms with E-state index < -0.39 is 34.1 Å². The van der Waals surface area contributed by atoms with Crippen molar-refractivity contribution >= 4 is 22.0 Å². The first-order valence-electron chi connectivity index (χ1n) is 10.2. The number of hydrogen-bond donors (Lipinski definition) is 0. The van der Waals surface area contributed by atoms with Gasteiger partial charge in [-0.3, -0.25) is 4.84 Å². The topological polar surface area (TPSA) is 111 Å². The number of carbonyl (C=O) groups excluding carboxylic acids is 2. The van der Waals surface area contributed by atoms with Gasteiger partial charge >= 0.3 is 12.0 Å². The monoisotopic (exact) mass is 468 g/mol. The van der Waals surface area contributed by atoms with Gasteiger partial charge in [-0.25, -0.2) is 9.59 Å². The lowest BCUT2D eigenvalue weighted by atomic mass is 9.98. The summed E-state index contributed by atoms with van der Waals surface area (Å²) in [5.41, 5.74) is 1.42. The number of hydroxylamine groups is 2. The van der Waals surface area contributed by atoms with E-state index in [4.69, 9.17) is 9.57 Å². The molecule has 0 radical (unpaired) electrons. The summed E-state index contributed by atoms with van der Waals surface area (Å²) in [4.78, 5) is 32.8. The molecule has 2 unspecified atom stereocenters. The van der Waals surface area contributed by atoms with Gasteiger partial charge in [-0.05, 0) is 17.7 Å². The molecule has 2 aliphatic heterocycles. The molecule has 11 heteroatoms. The lowest BCUT2D eigenvalue weighted by Gasteiger charge is -2.27. The average molecular weight is 468 g/mol. The number of aromatic nitrogens is 2. The minimum Gasteiger partial charge on any atom is -0.467 e. The van der Waals surface area contributed by atoms with Gasteiger partial charge in [0.1, 0.15) is 18.3 Å². The Morgan fingerprint density at radius 3 is 2.42 bits per heavy atom. The van der Waals surface area contributed by atoms with Crippen molar-refractivity contribution in [1.29, 1.82) is 0 Å². The van der Waals surface area contributed by atoms with Crippen molar-refractivity contribution in [3.63, 3.8) is 0 Å². The number of hydrogen-bond acceptors (Lipinski definition) is 7. The number of carbonyl (C=O) groups is 2. The first-order chi connectivity index (χ1) is 15.9. The molecule has 5 rings (SSSR count). The number of fused-ring (bicyclic) bond motifs is 4. The van der Waals surface area contributed by atoms with E-state index in [-0.39, 0.29) is 23.7 Å². The van der Waals surface area contributed by atoms with Crippen molar-refractivity contribution in [3.05, 3.63) is 83.7 Å². The number of rotatable bonds is 6. The largest absolute Gasteiger partial charge is 0.467 e. The van der Waals surface area contributed by atoms with Crippen LogP contribution in [-0.4, -0.2) is 53.2 Å². The molecular weight excluding hydrogens is 448 g/mol. The Morgan fingerprint density at radius 1 is 1.09 bits per heavy atom. The number of amides is 2. The molecule has 0 aliphatic carbocycles. The van der Waals surface area contributed by atoms with Gasteiger partial charge in [0.05, 0.1) is 18.6 Å². The number of esters is 1. The first-order valence-corrected chi connectivity index (χ1v) is 11.6. The Bertz CT molecular complexity index is 1310. The normalized spacial score (nSPS) is 19.5. The summed E-state index contributed by atoms with van der Waals surface area (Å²) >= 11 is 0. The molecule has 10 nitrogen and oxygen atoms in total. The van der Waals surface area contributed by atoms with Crippen LogP contribution >= 0.6 is 0 Å². The van der Waals surface area contributed by atoms with E-state index in [1.54, 1.807) is 18.2 Å². The van der Waals surface area contributed by atoms with Crippen molar-refractivity contribution in [2.45, 2.75) is 23.6 Å². The third-order valence-electron chi connectivity index (χ3n) is 5.69. The second kappa shape index (κ2) is 8.01. The molecule has 3 aromatic rings. The number of methoxy groups -OCH3 is 1. The molecule has 2 aromatic carbocycles. The Labute approximate surface area is 189 Å². The fourth-order valence-corrected chi connectivity index (χ4v) is 5.24. The molecule has 2 atom stereocenters. The molecule has 2 aliphatic rings. The van der Waals surface area contributed by atoms with Crippen LogP contribution in [0.4, 0.5) is 4.79 Å². The van der Waals surface area contributed by atoms with Gasteiger partial charge in [-0.2, -0.15) is 22.7 Å². The zero-order valence-corrected chi connectivity index (χ0v) is 18.4. The minimum absolute atomic E-state index is 0.0539. The molecule has 2 amide bonds. The van der Waals surface area contributed by atoms with Gasteiger partial charge < -0.3 is 9.64 Å². The van der Waals surface area contributed by atoms with E-state index in [0.717, 1.165) is 9.65 Å². The van der Waals surface area contributed by atoms with Crippen LogP contribution in [0.3, 0.4) is 0 Å². The van der Waals surface area contributed by atoms with Crippen molar-refractivity contribution in [1.82, 2.24) is 19.1 Å². The van der Waals surface area contributed by atoms with Gasteiger partial charge in [0.25, 0.3) is 10.0 Å². The fraction of sp³-hybridized carbons (Fsp3) is 0.227. The van der Waals surface area contributed by atoms with E-state index in [1.165, 1.54) is 35.4 Å². The maximum Gasteiger partial charge on any atom is 0.345 e. The maximum absolute atomic E-state index is 13.1. The van der Waals surface area contributed by atoms with Crippen LogP contribution in [0.1, 0.15) is 28.9 Å². The van der Waals surface area contributed by atoms with Crippen LogP contribution in [0.25, 0.3) is 0 Å². The molecule has 0 N–H and O–H groups in total. The van der Waals surface area contributed by atoms with Crippen molar-refractivity contribution in [2.24, 2.45) is 0 Å². The molecule has 0 spiro atoms. The highest BCUT2D eigenvalue weighted by Gasteiger charge is 2.53. The van der Waals surface area contributed by atoms with Gasteiger partial charge in [0.2, 0.25) is 0 Å². The second-order valence-corrected chi connectivity index (χ2v) is 9.42. The molecular formula is C22H20N4O6S. The fourth-order valence-electron chi connectivity index (χ4n) is 4.07. The maximum atomic E-state index is 13.1. The molecule has 1 saturated heterocycles. The average Bonchev–Trinajstić information content (AvgIpc) is 3.41. The van der Waals surface area contributed by atoms with E-state index >= 15 is 0 Å². The lowest BCUT2D eigenvalue weighted by molar-refractivity contribution is -0.146. The van der Waals surface area contributed by atoms with Gasteiger partial charge in [-0.1, -0.05) is 48.5 Å². The zero-order valence-electron chi connectivity index (χ0n) is 17.6. The quantitative estimate of drug-likeness (QED) is 0.510. The summed E-state index contributed by atoms with van der Waals surface area (Å²) < 4.78 is 32.0. The summed E-state index contributed by atoms with van der Waals surface area (Å²) in [5, 5.41) is 5.41. The highest BCUT2D eigenvalue weighted by molar-refractivity contribution is 7.89.